The van der Waals surface area contributed by atoms with E-state index in [1.807, 2.05) is 54.1 Å². The number of nitrogens with one attached hydrogen (secondary N) is 3. The van der Waals surface area contributed by atoms with Crippen molar-refractivity contribution in [2.45, 2.75) is 22.8 Å². The number of anilines is 2. The number of hydrogen-bond donors (Lipinski definition) is 3. The van der Waals surface area contributed by atoms with Crippen molar-refractivity contribution in [2.24, 2.45) is 5.92 Å². The predicted molar refractivity (Wildman–Crippen MR) is 138 cm³/mol. The van der Waals surface area contributed by atoms with Crippen molar-refractivity contribution in [1.29, 1.82) is 0 Å². The fourth-order valence-corrected chi connectivity index (χ4v) is 4.44. The Bertz CT molecular complexity index is 1390. The first kappa shape index (κ1) is 22.7. The number of amides is 1. The van der Waals surface area contributed by atoms with Crippen LogP contribution in [0.4, 0.5) is 11.6 Å². The quantitative estimate of drug-likeness (QED) is 0.229. The maximum atomic E-state index is 12.3. The van der Waals surface area contributed by atoms with Crippen LogP contribution in [0.2, 0.25) is 0 Å². The van der Waals surface area contributed by atoms with Crippen molar-refractivity contribution < 1.29 is 4.79 Å². The number of fused-ring (bicyclic) bond motifs is 1. The Hall–Kier alpha value is -4.11. The summed E-state index contributed by atoms with van der Waals surface area (Å²) in [5, 5.41) is 10.3. The molecule has 3 aromatic heterocycles. The number of rotatable bonds is 9. The van der Waals surface area contributed by atoms with Gasteiger partial charge in [0.25, 0.3) is 5.91 Å². The smallest absolute Gasteiger partial charge is 0.257 e. The molecule has 1 fully saturated rings. The molecule has 0 aliphatic heterocycles. The summed E-state index contributed by atoms with van der Waals surface area (Å²) in [4.78, 5) is 26.6. The van der Waals surface area contributed by atoms with Gasteiger partial charge >= 0.3 is 0 Å². The Balaban J connectivity index is 1.30. The molecule has 35 heavy (non-hydrogen) atoms. The third kappa shape index (κ3) is 5.52. The maximum Gasteiger partial charge on any atom is 0.257 e. The first-order chi connectivity index (χ1) is 17.1. The number of benzene rings is 1. The lowest BCUT2D eigenvalue weighted by Crippen LogP contribution is -2.11. The number of nitrogens with zero attached hydrogens (tertiary/aromatic N) is 4. The fraction of sp³-hybridized carbons (Fsp3) is 0.154. The molecular weight excluding hydrogens is 458 g/mol. The van der Waals surface area contributed by atoms with Gasteiger partial charge in [0.15, 0.2) is 0 Å². The molecule has 1 aliphatic rings. The van der Waals surface area contributed by atoms with Crippen molar-refractivity contribution in [3.8, 4) is 0 Å². The van der Waals surface area contributed by atoms with E-state index in [2.05, 4.69) is 32.5 Å². The monoisotopic (exact) mass is 483 g/mol. The van der Waals surface area contributed by atoms with Crippen LogP contribution in [-0.2, 0) is 0 Å². The van der Waals surface area contributed by atoms with Crippen molar-refractivity contribution >= 4 is 35.0 Å². The van der Waals surface area contributed by atoms with Gasteiger partial charge in [0.2, 0.25) is 5.95 Å². The summed E-state index contributed by atoms with van der Waals surface area (Å²) in [7, 11) is 1.94. The molecule has 0 radical (unpaired) electrons. The Morgan fingerprint density at radius 3 is 2.71 bits per heavy atom. The number of pyridine rings is 1. The third-order valence-corrected chi connectivity index (χ3v) is 6.46. The van der Waals surface area contributed by atoms with Gasteiger partial charge in [-0.05, 0) is 61.2 Å². The van der Waals surface area contributed by atoms with Crippen LogP contribution in [0.1, 0.15) is 23.2 Å². The summed E-state index contributed by atoms with van der Waals surface area (Å²) in [6.07, 6.45) is 11.3. The van der Waals surface area contributed by atoms with Gasteiger partial charge < -0.3 is 16.0 Å². The topological polar surface area (TPSA) is 96.2 Å². The summed E-state index contributed by atoms with van der Waals surface area (Å²) in [5.41, 5.74) is 3.96. The van der Waals surface area contributed by atoms with Gasteiger partial charge in [0, 0.05) is 59.9 Å². The van der Waals surface area contributed by atoms with Gasteiger partial charge in [0.1, 0.15) is 10.7 Å². The molecule has 0 spiro atoms. The van der Waals surface area contributed by atoms with E-state index in [0.717, 1.165) is 21.3 Å². The van der Waals surface area contributed by atoms with E-state index in [9.17, 15) is 4.79 Å². The Morgan fingerprint density at radius 1 is 1.17 bits per heavy atom. The van der Waals surface area contributed by atoms with Crippen molar-refractivity contribution in [1.82, 2.24) is 24.7 Å². The molecule has 5 rings (SSSR count). The lowest BCUT2D eigenvalue weighted by molar-refractivity contribution is 0.102. The van der Waals surface area contributed by atoms with Crippen molar-refractivity contribution in [2.75, 3.05) is 17.7 Å². The minimum Gasteiger partial charge on any atom is -0.391 e. The molecule has 0 saturated heterocycles. The summed E-state index contributed by atoms with van der Waals surface area (Å²) in [5.74, 6) is 1.05. The summed E-state index contributed by atoms with van der Waals surface area (Å²) in [6, 6.07) is 13.0. The average molecular weight is 484 g/mol. The normalized spacial score (nSPS) is 13.5. The zero-order chi connectivity index (χ0) is 24.2. The maximum absolute atomic E-state index is 12.3. The van der Waals surface area contributed by atoms with E-state index >= 15 is 0 Å². The molecule has 4 aromatic rings. The SMILES string of the molecule is C=C(/C=C(\NC)C1CC1)Nc1nc(Sc2ccc(NC(=O)c3cccnc3)cc2)cc2nccn12. The van der Waals surface area contributed by atoms with E-state index in [1.54, 1.807) is 30.7 Å². The van der Waals surface area contributed by atoms with Gasteiger partial charge in [-0.2, -0.15) is 0 Å². The first-order valence-corrected chi connectivity index (χ1v) is 12.1. The molecule has 1 aromatic carbocycles. The van der Waals surface area contributed by atoms with Gasteiger partial charge in [0.05, 0.1) is 5.56 Å². The van der Waals surface area contributed by atoms with Gasteiger partial charge in [-0.1, -0.05) is 18.3 Å². The Kier molecular flexibility index (Phi) is 6.49. The molecule has 0 atom stereocenters. The molecule has 176 valence electrons. The molecule has 0 unspecified atom stereocenters. The van der Waals surface area contributed by atoms with Crippen molar-refractivity contribution in [3.63, 3.8) is 0 Å². The van der Waals surface area contributed by atoms with Crippen LogP contribution in [0.25, 0.3) is 5.65 Å². The van der Waals surface area contributed by atoms with Crippen LogP contribution in [0, 0.1) is 5.92 Å². The summed E-state index contributed by atoms with van der Waals surface area (Å²) in [6.45, 7) is 4.16. The molecule has 1 amide bonds. The largest absolute Gasteiger partial charge is 0.391 e. The number of imidazole rings is 1. The zero-order valence-electron chi connectivity index (χ0n) is 19.2. The molecular formula is C26H25N7OS. The lowest BCUT2D eigenvalue weighted by atomic mass is 10.2. The lowest BCUT2D eigenvalue weighted by Gasteiger charge is -2.12. The van der Waals surface area contributed by atoms with E-state index in [4.69, 9.17) is 4.98 Å². The molecule has 3 heterocycles. The second-order valence-corrected chi connectivity index (χ2v) is 9.26. The van der Waals surface area contributed by atoms with Gasteiger partial charge in [-0.15, -0.1) is 0 Å². The third-order valence-electron chi connectivity index (χ3n) is 5.53. The fourth-order valence-electron chi connectivity index (χ4n) is 3.63. The molecule has 3 N–H and O–H groups in total. The van der Waals surface area contributed by atoms with E-state index in [1.165, 1.54) is 30.3 Å². The first-order valence-electron chi connectivity index (χ1n) is 11.3. The highest BCUT2D eigenvalue weighted by molar-refractivity contribution is 7.99. The second kappa shape index (κ2) is 10.0. The molecule has 1 aliphatic carbocycles. The highest BCUT2D eigenvalue weighted by atomic mass is 32.2. The minimum atomic E-state index is -0.196. The molecule has 8 nitrogen and oxygen atoms in total. The number of allylic oxidation sites excluding steroid dienone is 2. The highest BCUT2D eigenvalue weighted by Gasteiger charge is 2.25. The molecule has 9 heteroatoms. The van der Waals surface area contributed by atoms with Crippen molar-refractivity contribution in [3.05, 3.63) is 96.9 Å². The number of hydrogen-bond acceptors (Lipinski definition) is 7. The van der Waals surface area contributed by atoms with Crippen LogP contribution in [0.5, 0.6) is 0 Å². The predicted octanol–water partition coefficient (Wildman–Crippen LogP) is 4.97. The van der Waals surface area contributed by atoms with Gasteiger partial charge in [-0.3, -0.25) is 14.2 Å². The highest BCUT2D eigenvalue weighted by Crippen LogP contribution is 2.35. The zero-order valence-corrected chi connectivity index (χ0v) is 20.0. The Morgan fingerprint density at radius 2 is 2.00 bits per heavy atom. The van der Waals surface area contributed by atoms with Crippen LogP contribution in [0.15, 0.2) is 101 Å². The number of carbonyl (C=O) groups excluding carboxylic acids is 1. The van der Waals surface area contributed by atoms with Crippen LogP contribution in [0.3, 0.4) is 0 Å². The summed E-state index contributed by atoms with van der Waals surface area (Å²) < 4.78 is 1.90. The second-order valence-electron chi connectivity index (χ2n) is 8.17. The minimum absolute atomic E-state index is 0.196. The van der Waals surface area contributed by atoms with Crippen LogP contribution < -0.4 is 16.0 Å². The van der Waals surface area contributed by atoms with Gasteiger partial charge in [-0.25, -0.2) is 9.97 Å². The molecule has 1 saturated carbocycles. The molecule has 0 bridgehead atoms. The van der Waals surface area contributed by atoms with Crippen LogP contribution in [-0.4, -0.2) is 32.3 Å². The number of carbonyl (C=O) groups is 1. The average Bonchev–Trinajstić information content (AvgIpc) is 3.61. The summed E-state index contributed by atoms with van der Waals surface area (Å²) >= 11 is 1.52. The van der Waals surface area contributed by atoms with E-state index < -0.39 is 0 Å². The van der Waals surface area contributed by atoms with E-state index in [0.29, 0.717) is 23.1 Å². The number of aromatic nitrogens is 4. The van der Waals surface area contributed by atoms with E-state index in [-0.39, 0.29) is 5.91 Å². The van der Waals surface area contributed by atoms with Crippen LogP contribution >= 0.6 is 11.8 Å². The Labute approximate surface area is 207 Å². The standard InChI is InChI=1S/C26H25N7OS/c1-17(14-22(27-2)18-5-6-18)30-26-32-24(15-23-29-12-13-33(23)26)35-21-9-7-20(8-10-21)31-25(34)19-4-3-11-28-16-19/h3-4,7-16,18,27H,1,5-6H2,2H3,(H,30,32)(H,31,34)/b22-14-.